The summed E-state index contributed by atoms with van der Waals surface area (Å²) >= 11 is 0. The average Bonchev–Trinajstić information content (AvgIpc) is 3.30. The third kappa shape index (κ3) is 50.9. The van der Waals surface area contributed by atoms with Crippen LogP contribution in [0.5, 0.6) is 0 Å². The van der Waals surface area contributed by atoms with Gasteiger partial charge < -0.3 is 14.2 Å². The Morgan fingerprint density at radius 2 is 0.600 bits per heavy atom. The molecule has 0 aromatic rings. The highest BCUT2D eigenvalue weighted by molar-refractivity contribution is 5.71. The molecule has 0 aromatic carbocycles. The first-order chi connectivity index (χ1) is 32.0. The van der Waals surface area contributed by atoms with Crippen LogP contribution in [0, 0.1) is 0 Å². The molecule has 0 aliphatic carbocycles. The van der Waals surface area contributed by atoms with E-state index in [9.17, 15) is 14.4 Å². The lowest BCUT2D eigenvalue weighted by molar-refractivity contribution is -0.167. The Kier molecular flexibility index (Phi) is 49.5. The molecular formula is C59H96O6. The maximum absolute atomic E-state index is 12.8. The number of hydrogen-bond acceptors (Lipinski definition) is 6. The van der Waals surface area contributed by atoms with Crippen molar-refractivity contribution in [3.8, 4) is 0 Å². The van der Waals surface area contributed by atoms with Crippen molar-refractivity contribution in [3.63, 3.8) is 0 Å². The Morgan fingerprint density at radius 1 is 0.323 bits per heavy atom. The second-order valence-corrected chi connectivity index (χ2v) is 17.0. The van der Waals surface area contributed by atoms with Gasteiger partial charge in [-0.25, -0.2) is 0 Å². The molecule has 0 radical (unpaired) electrons. The Morgan fingerprint density at radius 3 is 0.938 bits per heavy atom. The standard InChI is InChI=1S/C59H96O6/c1-4-7-10-13-16-19-22-25-28-29-32-35-38-41-44-47-50-53-59(62)65-56(54-63-57(60)51-48-45-42-39-36-33-30-26-23-20-17-14-11-8-5-2)55-64-58(61)52-49-46-43-40-37-34-31-27-24-21-18-15-12-9-6-3/h8-9,11-12,16-21,25-28,30-32,35,56H,4-7,10,13-15,22-24,29,33-34,36-55H2,1-3H3/b11-8-,12-9-,19-16-,20-17-,21-18-,28-25-,30-26-,31-27-,35-32-. The Balaban J connectivity index is 4.51. The van der Waals surface area contributed by atoms with Crippen LogP contribution in [-0.2, 0) is 28.6 Å². The monoisotopic (exact) mass is 901 g/mol. The second kappa shape index (κ2) is 52.7. The average molecular weight is 901 g/mol. The van der Waals surface area contributed by atoms with Gasteiger partial charge in [0.25, 0.3) is 0 Å². The van der Waals surface area contributed by atoms with Crippen LogP contribution in [0.1, 0.15) is 226 Å². The van der Waals surface area contributed by atoms with E-state index >= 15 is 0 Å². The van der Waals surface area contributed by atoms with Crippen molar-refractivity contribution in [1.29, 1.82) is 0 Å². The number of carbonyl (C=O) groups is 3. The summed E-state index contributed by atoms with van der Waals surface area (Å²) in [6.45, 7) is 6.33. The molecule has 0 aromatic heterocycles. The fourth-order valence-electron chi connectivity index (χ4n) is 6.83. The van der Waals surface area contributed by atoms with Gasteiger partial charge in [0.05, 0.1) is 0 Å². The van der Waals surface area contributed by atoms with E-state index in [2.05, 4.69) is 130 Å². The first-order valence-corrected chi connectivity index (χ1v) is 26.4. The summed E-state index contributed by atoms with van der Waals surface area (Å²) in [4.78, 5) is 38.0. The second-order valence-electron chi connectivity index (χ2n) is 17.0. The van der Waals surface area contributed by atoms with E-state index in [1.165, 1.54) is 25.7 Å². The van der Waals surface area contributed by atoms with Gasteiger partial charge in [0.15, 0.2) is 6.10 Å². The van der Waals surface area contributed by atoms with E-state index < -0.39 is 6.10 Å². The summed E-state index contributed by atoms with van der Waals surface area (Å²) in [6.07, 6.45) is 70.7. The van der Waals surface area contributed by atoms with E-state index in [4.69, 9.17) is 14.2 Å². The number of esters is 3. The summed E-state index contributed by atoms with van der Waals surface area (Å²) in [7, 11) is 0. The van der Waals surface area contributed by atoms with E-state index in [-0.39, 0.29) is 31.1 Å². The first kappa shape index (κ1) is 61.1. The summed E-state index contributed by atoms with van der Waals surface area (Å²) in [5.41, 5.74) is 0. The Bertz CT molecular complexity index is 1290. The highest BCUT2D eigenvalue weighted by Gasteiger charge is 2.19. The van der Waals surface area contributed by atoms with E-state index in [0.717, 1.165) is 161 Å². The fraction of sp³-hybridized carbons (Fsp3) is 0.644. The predicted octanol–water partition coefficient (Wildman–Crippen LogP) is 17.5. The molecule has 65 heavy (non-hydrogen) atoms. The van der Waals surface area contributed by atoms with Crippen LogP contribution in [0.4, 0.5) is 0 Å². The molecular weight excluding hydrogens is 805 g/mol. The molecule has 0 fully saturated rings. The molecule has 0 rings (SSSR count). The van der Waals surface area contributed by atoms with Gasteiger partial charge in [-0.1, -0.05) is 194 Å². The Hall–Kier alpha value is -3.93. The van der Waals surface area contributed by atoms with Gasteiger partial charge in [0.1, 0.15) is 13.2 Å². The number of rotatable bonds is 46. The molecule has 0 aliphatic rings. The summed E-state index contributed by atoms with van der Waals surface area (Å²) in [6, 6.07) is 0. The third-order valence-corrected chi connectivity index (χ3v) is 10.7. The van der Waals surface area contributed by atoms with Crippen LogP contribution in [0.3, 0.4) is 0 Å². The minimum absolute atomic E-state index is 0.104. The van der Waals surface area contributed by atoms with Gasteiger partial charge in [0, 0.05) is 19.3 Å². The number of carbonyl (C=O) groups excluding carboxylic acids is 3. The van der Waals surface area contributed by atoms with Crippen molar-refractivity contribution in [2.75, 3.05) is 13.2 Å². The summed E-state index contributed by atoms with van der Waals surface area (Å²) < 4.78 is 16.8. The summed E-state index contributed by atoms with van der Waals surface area (Å²) in [5.74, 6) is -0.963. The van der Waals surface area contributed by atoms with E-state index in [1.807, 2.05) is 0 Å². The van der Waals surface area contributed by atoms with Crippen molar-refractivity contribution >= 4 is 17.9 Å². The largest absolute Gasteiger partial charge is 0.462 e. The number of hydrogen-bond donors (Lipinski definition) is 0. The minimum atomic E-state index is -0.806. The molecule has 368 valence electrons. The molecule has 0 heterocycles. The number of unbranched alkanes of at least 4 members (excludes halogenated alkanes) is 17. The van der Waals surface area contributed by atoms with E-state index in [1.54, 1.807) is 0 Å². The van der Waals surface area contributed by atoms with Gasteiger partial charge in [-0.2, -0.15) is 0 Å². The van der Waals surface area contributed by atoms with Crippen LogP contribution in [0.2, 0.25) is 0 Å². The van der Waals surface area contributed by atoms with E-state index in [0.29, 0.717) is 19.3 Å². The molecule has 0 saturated heterocycles. The zero-order chi connectivity index (χ0) is 47.2. The molecule has 0 bridgehead atoms. The number of ether oxygens (including phenoxy) is 3. The van der Waals surface area contributed by atoms with Gasteiger partial charge in [-0.15, -0.1) is 0 Å². The van der Waals surface area contributed by atoms with Crippen molar-refractivity contribution in [2.24, 2.45) is 0 Å². The lowest BCUT2D eigenvalue weighted by Crippen LogP contribution is -2.30. The molecule has 0 N–H and O–H groups in total. The third-order valence-electron chi connectivity index (χ3n) is 10.7. The summed E-state index contributed by atoms with van der Waals surface area (Å²) in [5, 5.41) is 0. The van der Waals surface area contributed by atoms with Gasteiger partial charge in [-0.3, -0.25) is 14.4 Å². The predicted molar refractivity (Wildman–Crippen MR) is 279 cm³/mol. The van der Waals surface area contributed by atoms with Gasteiger partial charge >= 0.3 is 17.9 Å². The quantitative estimate of drug-likeness (QED) is 0.0262. The van der Waals surface area contributed by atoms with Crippen molar-refractivity contribution < 1.29 is 28.6 Å². The highest BCUT2D eigenvalue weighted by atomic mass is 16.6. The lowest BCUT2D eigenvalue weighted by atomic mass is 10.1. The maximum Gasteiger partial charge on any atom is 0.306 e. The molecule has 0 spiro atoms. The van der Waals surface area contributed by atoms with Crippen LogP contribution in [-0.4, -0.2) is 37.2 Å². The smallest absolute Gasteiger partial charge is 0.306 e. The SMILES string of the molecule is CC/C=C\C/C=C\C/C=C\CCCCCCCC(=O)OCC(COC(=O)CCCCCCC/C=C\C/C=C\C/C=C\CC)OC(=O)CCCCCC/C=C\C/C=C\C/C=C\CCCCC. The molecule has 0 aliphatic heterocycles. The van der Waals surface area contributed by atoms with Crippen LogP contribution in [0.15, 0.2) is 109 Å². The molecule has 6 heteroatoms. The van der Waals surface area contributed by atoms with Crippen molar-refractivity contribution in [1.82, 2.24) is 0 Å². The van der Waals surface area contributed by atoms with Gasteiger partial charge in [0.2, 0.25) is 0 Å². The molecule has 0 amide bonds. The molecule has 0 atom stereocenters. The zero-order valence-electron chi connectivity index (χ0n) is 42.0. The fourth-order valence-corrected chi connectivity index (χ4v) is 6.83. The minimum Gasteiger partial charge on any atom is -0.462 e. The van der Waals surface area contributed by atoms with Crippen LogP contribution >= 0.6 is 0 Å². The van der Waals surface area contributed by atoms with Crippen molar-refractivity contribution in [3.05, 3.63) is 109 Å². The van der Waals surface area contributed by atoms with Crippen LogP contribution < -0.4 is 0 Å². The van der Waals surface area contributed by atoms with Gasteiger partial charge in [-0.05, 0) is 122 Å². The maximum atomic E-state index is 12.8. The van der Waals surface area contributed by atoms with Crippen LogP contribution in [0.25, 0.3) is 0 Å². The zero-order valence-corrected chi connectivity index (χ0v) is 42.0. The molecule has 0 unspecified atom stereocenters. The number of allylic oxidation sites excluding steroid dienone is 18. The normalized spacial score (nSPS) is 12.6. The molecule has 0 saturated carbocycles. The molecule has 6 nitrogen and oxygen atoms in total. The Labute approximate surface area is 400 Å². The first-order valence-electron chi connectivity index (χ1n) is 26.4. The lowest BCUT2D eigenvalue weighted by Gasteiger charge is -2.18. The highest BCUT2D eigenvalue weighted by Crippen LogP contribution is 2.13. The topological polar surface area (TPSA) is 78.9 Å². The van der Waals surface area contributed by atoms with Crippen molar-refractivity contribution in [2.45, 2.75) is 232 Å².